The summed E-state index contributed by atoms with van der Waals surface area (Å²) >= 11 is 5.70. The van der Waals surface area contributed by atoms with Gasteiger partial charge in [0, 0.05) is 11.6 Å². The molecule has 0 aliphatic rings. The van der Waals surface area contributed by atoms with Crippen LogP contribution in [-0.2, 0) is 6.61 Å². The highest BCUT2D eigenvalue weighted by Gasteiger charge is 2.10. The molecule has 5 heteroatoms. The van der Waals surface area contributed by atoms with E-state index in [0.29, 0.717) is 11.3 Å². The number of nitrogens with two attached hydrogens (primary N) is 1. The first kappa shape index (κ1) is 14.8. The SMILES string of the molecule is C[C@@H](N)c1cc(F)ccc1OCc1ccc(F)c(Cl)c1. The van der Waals surface area contributed by atoms with E-state index >= 15 is 0 Å². The maximum absolute atomic E-state index is 13.2. The second-order valence-corrected chi connectivity index (χ2v) is 4.92. The first-order chi connectivity index (χ1) is 9.47. The summed E-state index contributed by atoms with van der Waals surface area (Å²) in [6.07, 6.45) is 0. The molecule has 2 aromatic carbocycles. The van der Waals surface area contributed by atoms with Crippen molar-refractivity contribution in [1.29, 1.82) is 0 Å². The molecule has 0 aliphatic heterocycles. The molecule has 2 rings (SSSR count). The Morgan fingerprint density at radius 2 is 1.95 bits per heavy atom. The van der Waals surface area contributed by atoms with E-state index in [1.165, 1.54) is 30.3 Å². The van der Waals surface area contributed by atoms with E-state index in [9.17, 15) is 8.78 Å². The largest absolute Gasteiger partial charge is 0.489 e. The predicted octanol–water partition coefficient (Wildman–Crippen LogP) is 4.22. The van der Waals surface area contributed by atoms with Crippen molar-refractivity contribution in [3.05, 3.63) is 64.2 Å². The van der Waals surface area contributed by atoms with Crippen molar-refractivity contribution in [3.8, 4) is 5.75 Å². The van der Waals surface area contributed by atoms with E-state index in [1.807, 2.05) is 0 Å². The van der Waals surface area contributed by atoms with Gasteiger partial charge in [-0.25, -0.2) is 8.78 Å². The molecule has 0 spiro atoms. The highest BCUT2D eigenvalue weighted by Crippen LogP contribution is 2.26. The van der Waals surface area contributed by atoms with Crippen LogP contribution in [0.3, 0.4) is 0 Å². The van der Waals surface area contributed by atoms with Gasteiger partial charge in [-0.1, -0.05) is 17.7 Å². The molecule has 0 saturated heterocycles. The van der Waals surface area contributed by atoms with Crippen molar-refractivity contribution in [2.75, 3.05) is 0 Å². The van der Waals surface area contributed by atoms with Crippen molar-refractivity contribution in [2.24, 2.45) is 5.73 Å². The van der Waals surface area contributed by atoms with Gasteiger partial charge >= 0.3 is 0 Å². The van der Waals surface area contributed by atoms with Crippen molar-refractivity contribution >= 4 is 11.6 Å². The average Bonchev–Trinajstić information content (AvgIpc) is 2.41. The molecular weight excluding hydrogens is 284 g/mol. The van der Waals surface area contributed by atoms with Crippen LogP contribution in [0.4, 0.5) is 8.78 Å². The minimum absolute atomic E-state index is 0.0395. The van der Waals surface area contributed by atoms with E-state index in [1.54, 1.807) is 13.0 Å². The molecule has 0 radical (unpaired) electrons. The predicted molar refractivity (Wildman–Crippen MR) is 74.7 cm³/mol. The maximum atomic E-state index is 13.2. The number of hydrogen-bond acceptors (Lipinski definition) is 2. The third-order valence-corrected chi connectivity index (χ3v) is 3.13. The molecular formula is C15H14ClF2NO. The molecule has 2 N–H and O–H groups in total. The quantitative estimate of drug-likeness (QED) is 0.917. The van der Waals surface area contributed by atoms with Gasteiger partial charge < -0.3 is 10.5 Å². The lowest BCUT2D eigenvalue weighted by molar-refractivity contribution is 0.300. The summed E-state index contributed by atoms with van der Waals surface area (Å²) in [5.41, 5.74) is 7.08. The van der Waals surface area contributed by atoms with Crippen LogP contribution in [0.25, 0.3) is 0 Å². The van der Waals surface area contributed by atoms with Crippen LogP contribution in [0, 0.1) is 11.6 Å². The number of hydrogen-bond donors (Lipinski definition) is 1. The van der Waals surface area contributed by atoms with Crippen molar-refractivity contribution in [1.82, 2.24) is 0 Å². The Labute approximate surface area is 121 Å². The highest BCUT2D eigenvalue weighted by molar-refractivity contribution is 6.30. The Bertz CT molecular complexity index is 617. The molecule has 0 fully saturated rings. The third-order valence-electron chi connectivity index (χ3n) is 2.84. The van der Waals surface area contributed by atoms with E-state index in [0.717, 1.165) is 5.56 Å². The Balaban J connectivity index is 2.16. The summed E-state index contributed by atoms with van der Waals surface area (Å²) in [7, 11) is 0. The molecule has 0 bridgehead atoms. The second kappa shape index (κ2) is 6.20. The lowest BCUT2D eigenvalue weighted by Gasteiger charge is -2.14. The molecule has 106 valence electrons. The van der Waals surface area contributed by atoms with Gasteiger partial charge in [0.2, 0.25) is 0 Å². The molecule has 0 heterocycles. The van der Waals surface area contributed by atoms with Gasteiger partial charge in [-0.2, -0.15) is 0 Å². The van der Waals surface area contributed by atoms with Crippen LogP contribution < -0.4 is 10.5 Å². The Kier molecular flexibility index (Phi) is 4.57. The van der Waals surface area contributed by atoms with Gasteiger partial charge in [-0.3, -0.25) is 0 Å². The van der Waals surface area contributed by atoms with Crippen LogP contribution >= 0.6 is 11.6 Å². The third kappa shape index (κ3) is 3.46. The fraction of sp³-hybridized carbons (Fsp3) is 0.200. The first-order valence-corrected chi connectivity index (χ1v) is 6.47. The smallest absolute Gasteiger partial charge is 0.141 e. The standard InChI is InChI=1S/C15H14ClF2NO/c1-9(19)12-7-11(17)3-5-15(12)20-8-10-2-4-14(18)13(16)6-10/h2-7,9H,8,19H2,1H3/t9-/m1/s1. The van der Waals surface area contributed by atoms with E-state index in [4.69, 9.17) is 22.1 Å². The van der Waals surface area contributed by atoms with Gasteiger partial charge in [0.15, 0.2) is 0 Å². The van der Waals surface area contributed by atoms with Crippen LogP contribution in [0.15, 0.2) is 36.4 Å². The van der Waals surface area contributed by atoms with Crippen LogP contribution in [0.2, 0.25) is 5.02 Å². The molecule has 0 amide bonds. The van der Waals surface area contributed by atoms with Gasteiger partial charge in [0.1, 0.15) is 24.0 Å². The Morgan fingerprint density at radius 1 is 1.20 bits per heavy atom. The van der Waals surface area contributed by atoms with Crippen molar-refractivity contribution < 1.29 is 13.5 Å². The summed E-state index contributed by atoms with van der Waals surface area (Å²) in [6.45, 7) is 1.95. The lowest BCUT2D eigenvalue weighted by Crippen LogP contribution is -2.08. The van der Waals surface area contributed by atoms with Gasteiger partial charge in [0.05, 0.1) is 5.02 Å². The second-order valence-electron chi connectivity index (χ2n) is 4.51. The lowest BCUT2D eigenvalue weighted by atomic mass is 10.1. The fourth-order valence-corrected chi connectivity index (χ4v) is 2.00. The summed E-state index contributed by atoms with van der Waals surface area (Å²) in [5, 5.41) is 0.0395. The molecule has 0 aromatic heterocycles. The summed E-state index contributed by atoms with van der Waals surface area (Å²) in [4.78, 5) is 0. The van der Waals surface area contributed by atoms with E-state index in [-0.39, 0.29) is 23.5 Å². The maximum Gasteiger partial charge on any atom is 0.141 e. The van der Waals surface area contributed by atoms with Crippen LogP contribution in [-0.4, -0.2) is 0 Å². The molecule has 2 aromatic rings. The minimum Gasteiger partial charge on any atom is -0.489 e. The van der Waals surface area contributed by atoms with Crippen LogP contribution in [0.5, 0.6) is 5.75 Å². The topological polar surface area (TPSA) is 35.2 Å². The zero-order valence-corrected chi connectivity index (χ0v) is 11.6. The number of halogens is 3. The monoisotopic (exact) mass is 297 g/mol. The summed E-state index contributed by atoms with van der Waals surface area (Å²) < 4.78 is 31.8. The number of rotatable bonds is 4. The molecule has 20 heavy (non-hydrogen) atoms. The van der Waals surface area contributed by atoms with Gasteiger partial charge in [-0.15, -0.1) is 0 Å². The van der Waals surface area contributed by atoms with Gasteiger partial charge in [0.25, 0.3) is 0 Å². The minimum atomic E-state index is -0.478. The van der Waals surface area contributed by atoms with Crippen molar-refractivity contribution in [2.45, 2.75) is 19.6 Å². The Morgan fingerprint density at radius 3 is 2.60 bits per heavy atom. The molecule has 0 unspecified atom stereocenters. The van der Waals surface area contributed by atoms with Gasteiger partial charge in [-0.05, 0) is 42.8 Å². The summed E-state index contributed by atoms with van der Waals surface area (Å²) in [5.74, 6) is -0.343. The number of ether oxygens (including phenoxy) is 1. The average molecular weight is 298 g/mol. The molecule has 1 atom stereocenters. The first-order valence-electron chi connectivity index (χ1n) is 6.09. The Hall–Kier alpha value is -1.65. The highest BCUT2D eigenvalue weighted by atomic mass is 35.5. The normalized spacial score (nSPS) is 12.2. The molecule has 0 aliphatic carbocycles. The van der Waals surface area contributed by atoms with Crippen molar-refractivity contribution in [3.63, 3.8) is 0 Å². The van der Waals surface area contributed by atoms with Crippen LogP contribution in [0.1, 0.15) is 24.1 Å². The molecule has 2 nitrogen and oxygen atoms in total. The zero-order chi connectivity index (χ0) is 14.7. The number of benzene rings is 2. The molecule has 0 saturated carbocycles. The fourth-order valence-electron chi connectivity index (χ4n) is 1.80. The zero-order valence-electron chi connectivity index (χ0n) is 10.9. The van der Waals surface area contributed by atoms with E-state index in [2.05, 4.69) is 0 Å². The van der Waals surface area contributed by atoms with E-state index < -0.39 is 5.82 Å². The summed E-state index contributed by atoms with van der Waals surface area (Å²) in [6, 6.07) is 8.17.